The molecule has 3 aromatic rings. The predicted octanol–water partition coefficient (Wildman–Crippen LogP) is 2.86. The topological polar surface area (TPSA) is 105 Å². The first-order chi connectivity index (χ1) is 14.3. The summed E-state index contributed by atoms with van der Waals surface area (Å²) in [7, 11) is -3.65. The van der Waals surface area contributed by atoms with Crippen LogP contribution in [-0.4, -0.2) is 46.7 Å². The minimum absolute atomic E-state index is 0.0272. The van der Waals surface area contributed by atoms with Gasteiger partial charge in [-0.05, 0) is 56.2 Å². The molecule has 9 heteroatoms. The third kappa shape index (κ3) is 4.03. The number of aromatic nitrogens is 3. The van der Waals surface area contributed by atoms with Crippen LogP contribution in [0.1, 0.15) is 37.2 Å². The van der Waals surface area contributed by atoms with Gasteiger partial charge >= 0.3 is 0 Å². The number of benzene rings is 1. The summed E-state index contributed by atoms with van der Waals surface area (Å²) in [6.45, 7) is 4.06. The first kappa shape index (κ1) is 20.4. The maximum atomic E-state index is 13.2. The number of nitrogens with one attached hydrogen (secondary N) is 1. The number of piperidine rings is 1. The number of rotatable bonds is 4. The summed E-state index contributed by atoms with van der Waals surface area (Å²) < 4.78 is 28.0. The van der Waals surface area contributed by atoms with E-state index in [1.807, 2.05) is 19.1 Å². The quantitative estimate of drug-likeness (QED) is 0.689. The molecule has 0 bridgehead atoms. The molecule has 8 nitrogen and oxygen atoms in total. The molecular formula is C21H23N5O3S. The van der Waals surface area contributed by atoms with Gasteiger partial charge in [-0.3, -0.25) is 4.79 Å². The van der Waals surface area contributed by atoms with Crippen molar-refractivity contribution in [3.63, 3.8) is 0 Å². The summed E-state index contributed by atoms with van der Waals surface area (Å²) in [5.74, 6) is 0.400. The van der Waals surface area contributed by atoms with Gasteiger partial charge in [0.15, 0.2) is 5.65 Å². The van der Waals surface area contributed by atoms with Crippen molar-refractivity contribution in [3.8, 4) is 0 Å². The van der Waals surface area contributed by atoms with Crippen molar-refractivity contribution < 1.29 is 13.2 Å². The van der Waals surface area contributed by atoms with E-state index in [9.17, 15) is 13.2 Å². The van der Waals surface area contributed by atoms with E-state index < -0.39 is 10.0 Å². The maximum Gasteiger partial charge on any atom is 0.243 e. The van der Waals surface area contributed by atoms with Crippen molar-refractivity contribution in [1.29, 1.82) is 0 Å². The molecule has 4 rings (SSSR count). The van der Waals surface area contributed by atoms with Gasteiger partial charge < -0.3 is 5.32 Å². The molecule has 0 radical (unpaired) electrons. The second-order valence-corrected chi connectivity index (χ2v) is 9.38. The smallest absolute Gasteiger partial charge is 0.243 e. The fourth-order valence-electron chi connectivity index (χ4n) is 3.86. The van der Waals surface area contributed by atoms with Gasteiger partial charge in [0.25, 0.3) is 0 Å². The van der Waals surface area contributed by atoms with Crippen molar-refractivity contribution in [3.05, 3.63) is 54.1 Å². The van der Waals surface area contributed by atoms with Gasteiger partial charge in [-0.1, -0.05) is 0 Å². The van der Waals surface area contributed by atoms with Gasteiger partial charge in [0.05, 0.1) is 10.6 Å². The molecule has 156 valence electrons. The van der Waals surface area contributed by atoms with Crippen molar-refractivity contribution in [2.45, 2.75) is 37.5 Å². The first-order valence-corrected chi connectivity index (χ1v) is 11.3. The molecule has 0 saturated carbocycles. The zero-order chi connectivity index (χ0) is 21.3. The Bertz CT molecular complexity index is 1190. The average Bonchev–Trinajstić information content (AvgIpc) is 2.73. The van der Waals surface area contributed by atoms with Crippen LogP contribution in [0.4, 0.5) is 5.69 Å². The highest BCUT2D eigenvalue weighted by Gasteiger charge is 2.32. The molecule has 1 aliphatic heterocycles. The van der Waals surface area contributed by atoms with E-state index in [0.29, 0.717) is 30.2 Å². The van der Waals surface area contributed by atoms with Crippen molar-refractivity contribution in [2.75, 3.05) is 18.4 Å². The Morgan fingerprint density at radius 3 is 2.67 bits per heavy atom. The van der Waals surface area contributed by atoms with Crippen LogP contribution in [0.25, 0.3) is 11.0 Å². The molecule has 0 unspecified atom stereocenters. The molecule has 1 aliphatic rings. The van der Waals surface area contributed by atoms with Crippen LogP contribution in [0.5, 0.6) is 0 Å². The van der Waals surface area contributed by atoms with E-state index in [1.54, 1.807) is 18.3 Å². The lowest BCUT2D eigenvalue weighted by Gasteiger charge is -2.32. The molecule has 1 aromatic carbocycles. The molecule has 0 aliphatic carbocycles. The summed E-state index contributed by atoms with van der Waals surface area (Å²) in [5, 5.41) is 3.51. The molecule has 1 N–H and O–H groups in total. The number of pyridine rings is 1. The van der Waals surface area contributed by atoms with Gasteiger partial charge in [-0.25, -0.2) is 23.4 Å². The molecule has 30 heavy (non-hydrogen) atoms. The number of sulfonamides is 1. The molecule has 1 amide bonds. The zero-order valence-electron chi connectivity index (χ0n) is 16.9. The molecule has 3 heterocycles. The molecular weight excluding hydrogens is 402 g/mol. The van der Waals surface area contributed by atoms with Crippen molar-refractivity contribution >= 4 is 32.7 Å². The Morgan fingerprint density at radius 1 is 1.17 bits per heavy atom. The molecule has 1 saturated heterocycles. The summed E-state index contributed by atoms with van der Waals surface area (Å²) in [4.78, 5) is 24.7. The third-order valence-corrected chi connectivity index (χ3v) is 7.08. The van der Waals surface area contributed by atoms with E-state index in [4.69, 9.17) is 0 Å². The number of aryl methyl sites for hydroxylation is 1. The number of fused-ring (bicyclic) bond motifs is 1. The van der Waals surface area contributed by atoms with Crippen LogP contribution in [0.15, 0.2) is 47.5 Å². The van der Waals surface area contributed by atoms with E-state index in [-0.39, 0.29) is 16.7 Å². The lowest BCUT2D eigenvalue weighted by molar-refractivity contribution is -0.114. The van der Waals surface area contributed by atoms with Crippen LogP contribution in [-0.2, 0) is 14.8 Å². The first-order valence-electron chi connectivity index (χ1n) is 9.81. The molecule has 2 aromatic heterocycles. The van der Waals surface area contributed by atoms with Gasteiger partial charge in [0.1, 0.15) is 5.82 Å². The summed E-state index contributed by atoms with van der Waals surface area (Å²) in [6.07, 6.45) is 3.30. The summed E-state index contributed by atoms with van der Waals surface area (Å²) >= 11 is 0. The van der Waals surface area contributed by atoms with Gasteiger partial charge in [-0.15, -0.1) is 0 Å². The number of anilines is 1. The fourth-order valence-corrected chi connectivity index (χ4v) is 5.38. The third-order valence-electron chi connectivity index (χ3n) is 5.20. The lowest BCUT2D eigenvalue weighted by Crippen LogP contribution is -2.39. The Labute approximate surface area is 175 Å². The van der Waals surface area contributed by atoms with Gasteiger partial charge in [-0.2, -0.15) is 4.31 Å². The van der Waals surface area contributed by atoms with Crippen LogP contribution < -0.4 is 5.32 Å². The van der Waals surface area contributed by atoms with E-state index in [0.717, 1.165) is 23.9 Å². The van der Waals surface area contributed by atoms with Crippen LogP contribution in [0.2, 0.25) is 0 Å². The van der Waals surface area contributed by atoms with Crippen LogP contribution in [0.3, 0.4) is 0 Å². The largest absolute Gasteiger partial charge is 0.326 e. The fraction of sp³-hybridized carbons (Fsp3) is 0.333. The van der Waals surface area contributed by atoms with E-state index in [1.165, 1.54) is 23.4 Å². The lowest BCUT2D eigenvalue weighted by atomic mass is 9.94. The van der Waals surface area contributed by atoms with E-state index in [2.05, 4.69) is 20.3 Å². The van der Waals surface area contributed by atoms with Gasteiger partial charge in [0.2, 0.25) is 15.9 Å². The number of hydrogen-bond donors (Lipinski definition) is 1. The Morgan fingerprint density at radius 2 is 1.93 bits per heavy atom. The highest BCUT2D eigenvalue weighted by atomic mass is 32.2. The maximum absolute atomic E-state index is 13.2. The Kier molecular flexibility index (Phi) is 5.48. The molecule has 1 atom stereocenters. The summed E-state index contributed by atoms with van der Waals surface area (Å²) in [5.41, 5.74) is 2.05. The Balaban J connectivity index is 1.62. The highest BCUT2D eigenvalue weighted by Crippen LogP contribution is 2.32. The number of carbonyl (C=O) groups excluding carboxylic acids is 1. The Hall–Kier alpha value is -2.91. The standard InChI is InChI=1S/C21H23N5O3S/c1-14-23-20(19-6-3-11-22-21(19)24-14)16-5-4-12-26(13-16)30(28,29)18-9-7-17(8-10-18)25-15(2)27/h3,6-11,16H,4-5,12-13H2,1-2H3,(H,25,27)/t16-/m0/s1. The van der Waals surface area contributed by atoms with Gasteiger partial charge in [0, 0.05) is 43.2 Å². The van der Waals surface area contributed by atoms with Crippen LogP contribution in [0, 0.1) is 6.92 Å². The van der Waals surface area contributed by atoms with Crippen molar-refractivity contribution in [2.24, 2.45) is 0 Å². The average molecular weight is 426 g/mol. The minimum atomic E-state index is -3.65. The molecule has 1 fully saturated rings. The van der Waals surface area contributed by atoms with Crippen LogP contribution >= 0.6 is 0 Å². The van der Waals surface area contributed by atoms with Crippen molar-refractivity contribution in [1.82, 2.24) is 19.3 Å². The second kappa shape index (κ2) is 8.08. The predicted molar refractivity (Wildman–Crippen MR) is 114 cm³/mol. The monoisotopic (exact) mass is 425 g/mol. The second-order valence-electron chi connectivity index (χ2n) is 7.44. The number of hydrogen-bond acceptors (Lipinski definition) is 6. The number of amides is 1. The minimum Gasteiger partial charge on any atom is -0.326 e. The SMILES string of the molecule is CC(=O)Nc1ccc(S(=O)(=O)N2CCC[C@H](c3nc(C)nc4ncccc34)C2)cc1. The normalized spacial score (nSPS) is 17.7. The van der Waals surface area contributed by atoms with E-state index >= 15 is 0 Å². The number of nitrogens with zero attached hydrogens (tertiary/aromatic N) is 4. The molecule has 0 spiro atoms. The summed E-state index contributed by atoms with van der Waals surface area (Å²) in [6, 6.07) is 10.0. The highest BCUT2D eigenvalue weighted by molar-refractivity contribution is 7.89. The zero-order valence-corrected chi connectivity index (χ0v) is 17.7. The number of carbonyl (C=O) groups is 1.